The molecule has 0 atom stereocenters. The summed E-state index contributed by atoms with van der Waals surface area (Å²) in [6.45, 7) is 0.552. The van der Waals surface area contributed by atoms with Gasteiger partial charge >= 0.3 is 0 Å². The lowest BCUT2D eigenvalue weighted by Gasteiger charge is -2.15. The summed E-state index contributed by atoms with van der Waals surface area (Å²) in [6.07, 6.45) is -1.97. The van der Waals surface area contributed by atoms with E-state index in [9.17, 15) is 17.2 Å². The van der Waals surface area contributed by atoms with Crippen LogP contribution in [0.15, 0.2) is 23.1 Å². The first-order valence-corrected chi connectivity index (χ1v) is 8.68. The van der Waals surface area contributed by atoms with Gasteiger partial charge in [0.2, 0.25) is 15.2 Å². The van der Waals surface area contributed by atoms with Crippen LogP contribution in [0.25, 0.3) is 0 Å². The number of nitrogens with one attached hydrogen (secondary N) is 1. The van der Waals surface area contributed by atoms with Crippen LogP contribution < -0.4 is 9.62 Å². The van der Waals surface area contributed by atoms with Gasteiger partial charge in [-0.15, -0.1) is 10.2 Å². The maximum atomic E-state index is 12.6. The van der Waals surface area contributed by atoms with E-state index >= 15 is 0 Å². The van der Waals surface area contributed by atoms with Crippen molar-refractivity contribution in [2.24, 2.45) is 0 Å². The highest BCUT2D eigenvalue weighted by Gasteiger charge is 2.26. The van der Waals surface area contributed by atoms with Gasteiger partial charge in [-0.3, -0.25) is 0 Å². The molecule has 1 aliphatic heterocycles. The maximum Gasteiger partial charge on any atom is 0.291 e. The zero-order valence-electron chi connectivity index (χ0n) is 11.5. The molecule has 1 N–H and O–H groups in total. The van der Waals surface area contributed by atoms with Gasteiger partial charge in [-0.25, -0.2) is 21.9 Å². The molecule has 0 radical (unpaired) electrons. The Morgan fingerprint density at radius 2 is 2.14 bits per heavy atom. The van der Waals surface area contributed by atoms with Crippen molar-refractivity contribution in [2.75, 3.05) is 18.5 Å². The summed E-state index contributed by atoms with van der Waals surface area (Å²) in [7, 11) is -2.23. The fraction of sp³-hybridized carbons (Fsp3) is 0.333. The molecule has 0 bridgehead atoms. The number of aromatic nitrogens is 2. The second-order valence-electron chi connectivity index (χ2n) is 4.62. The molecular formula is C12H12F2N4O2S2. The molecule has 10 heteroatoms. The highest BCUT2D eigenvalue weighted by molar-refractivity contribution is 7.89. The van der Waals surface area contributed by atoms with Gasteiger partial charge in [0, 0.05) is 12.2 Å². The van der Waals surface area contributed by atoms with Crippen molar-refractivity contribution in [3.8, 4) is 0 Å². The van der Waals surface area contributed by atoms with Gasteiger partial charge < -0.3 is 4.90 Å². The first-order chi connectivity index (χ1) is 10.4. The van der Waals surface area contributed by atoms with Gasteiger partial charge in [0.25, 0.3) is 6.43 Å². The van der Waals surface area contributed by atoms with Crippen LogP contribution in [0.4, 0.5) is 19.6 Å². The van der Waals surface area contributed by atoms with Crippen LogP contribution in [0.5, 0.6) is 0 Å². The van der Waals surface area contributed by atoms with Crippen molar-refractivity contribution in [3.63, 3.8) is 0 Å². The summed E-state index contributed by atoms with van der Waals surface area (Å²) in [5.74, 6) is 0. The van der Waals surface area contributed by atoms with Crippen molar-refractivity contribution in [2.45, 2.75) is 17.7 Å². The molecule has 1 aromatic carbocycles. The van der Waals surface area contributed by atoms with E-state index in [4.69, 9.17) is 0 Å². The number of sulfonamides is 1. The number of benzene rings is 1. The third-order valence-corrected chi connectivity index (χ3v) is 5.74. The molecular weight excluding hydrogens is 334 g/mol. The number of halogens is 2. The Labute approximate surface area is 129 Å². The second kappa shape index (κ2) is 5.52. The number of nitrogens with zero attached hydrogens (tertiary/aromatic N) is 3. The highest BCUT2D eigenvalue weighted by Crippen LogP contribution is 2.38. The van der Waals surface area contributed by atoms with Crippen molar-refractivity contribution in [1.29, 1.82) is 0 Å². The molecule has 2 heterocycles. The molecule has 118 valence electrons. The lowest BCUT2D eigenvalue weighted by molar-refractivity contribution is 0.150. The molecule has 0 fully saturated rings. The van der Waals surface area contributed by atoms with E-state index in [1.54, 1.807) is 11.0 Å². The van der Waals surface area contributed by atoms with E-state index < -0.39 is 16.4 Å². The number of rotatable bonds is 4. The molecule has 1 aromatic heterocycles. The van der Waals surface area contributed by atoms with E-state index in [0.717, 1.165) is 16.9 Å². The number of hydrogen-bond acceptors (Lipinski definition) is 6. The van der Waals surface area contributed by atoms with Crippen LogP contribution in [0, 0.1) is 0 Å². The van der Waals surface area contributed by atoms with Crippen LogP contribution in [0.3, 0.4) is 0 Å². The van der Waals surface area contributed by atoms with Crippen molar-refractivity contribution >= 4 is 32.2 Å². The molecule has 0 saturated heterocycles. The monoisotopic (exact) mass is 346 g/mol. The predicted molar refractivity (Wildman–Crippen MR) is 78.3 cm³/mol. The molecule has 22 heavy (non-hydrogen) atoms. The van der Waals surface area contributed by atoms with Gasteiger partial charge in [0.1, 0.15) is 0 Å². The van der Waals surface area contributed by atoms with Crippen LogP contribution in [-0.2, 0) is 16.4 Å². The first-order valence-electron chi connectivity index (χ1n) is 6.38. The third kappa shape index (κ3) is 2.57. The lowest BCUT2D eigenvalue weighted by atomic mass is 10.2. The number of hydrogen-bond donors (Lipinski definition) is 1. The molecule has 6 nitrogen and oxygen atoms in total. The standard InChI is InChI=1S/C12H12F2N4O2S2/c1-15-22(19,20)8-3-2-7-4-5-18(9(7)6-8)12-17-16-11(21-12)10(13)14/h2-3,6,10,15H,4-5H2,1H3. The minimum Gasteiger partial charge on any atom is -0.316 e. The van der Waals surface area contributed by atoms with Gasteiger partial charge in [0.05, 0.1) is 4.90 Å². The van der Waals surface area contributed by atoms with E-state index in [1.807, 2.05) is 0 Å². The Morgan fingerprint density at radius 3 is 2.77 bits per heavy atom. The summed E-state index contributed by atoms with van der Waals surface area (Å²) in [5, 5.41) is 7.24. The van der Waals surface area contributed by atoms with Crippen molar-refractivity contribution < 1.29 is 17.2 Å². The zero-order chi connectivity index (χ0) is 15.9. The zero-order valence-corrected chi connectivity index (χ0v) is 13.1. The Bertz CT molecular complexity index is 807. The SMILES string of the molecule is CNS(=O)(=O)c1ccc2c(c1)N(c1nnc(C(F)F)s1)CC2. The smallest absolute Gasteiger partial charge is 0.291 e. The Hall–Kier alpha value is -1.65. The highest BCUT2D eigenvalue weighted by atomic mass is 32.2. The fourth-order valence-electron chi connectivity index (χ4n) is 2.27. The lowest BCUT2D eigenvalue weighted by Crippen LogP contribution is -2.19. The fourth-order valence-corrected chi connectivity index (χ4v) is 3.76. The predicted octanol–water partition coefficient (Wildman–Crippen LogP) is 2.08. The molecule has 0 spiro atoms. The van der Waals surface area contributed by atoms with Crippen LogP contribution in [0.1, 0.15) is 17.0 Å². The number of fused-ring (bicyclic) bond motifs is 1. The van der Waals surface area contributed by atoms with Gasteiger partial charge in [-0.2, -0.15) is 0 Å². The molecule has 3 rings (SSSR count). The summed E-state index contributed by atoms with van der Waals surface area (Å²) >= 11 is 0.810. The Balaban J connectivity index is 2.01. The van der Waals surface area contributed by atoms with E-state index in [-0.39, 0.29) is 9.90 Å². The number of anilines is 2. The summed E-state index contributed by atoms with van der Waals surface area (Å²) < 4.78 is 51.3. The van der Waals surface area contributed by atoms with E-state index in [0.29, 0.717) is 23.8 Å². The molecule has 0 aliphatic carbocycles. The second-order valence-corrected chi connectivity index (χ2v) is 7.50. The van der Waals surface area contributed by atoms with Gasteiger partial charge in [-0.05, 0) is 31.2 Å². The number of alkyl halides is 2. The quantitative estimate of drug-likeness (QED) is 0.917. The first kappa shape index (κ1) is 15.3. The molecule has 0 amide bonds. The largest absolute Gasteiger partial charge is 0.316 e. The third-order valence-electron chi connectivity index (χ3n) is 3.38. The van der Waals surface area contributed by atoms with Gasteiger partial charge in [0.15, 0.2) is 5.01 Å². The van der Waals surface area contributed by atoms with Crippen molar-refractivity contribution in [1.82, 2.24) is 14.9 Å². The van der Waals surface area contributed by atoms with E-state index in [1.165, 1.54) is 19.2 Å². The summed E-state index contributed by atoms with van der Waals surface area (Å²) in [4.78, 5) is 1.84. The molecule has 1 aliphatic rings. The molecule has 2 aromatic rings. The molecule has 0 unspecified atom stereocenters. The van der Waals surface area contributed by atoms with Crippen molar-refractivity contribution in [3.05, 3.63) is 28.8 Å². The van der Waals surface area contributed by atoms with Crippen LogP contribution >= 0.6 is 11.3 Å². The maximum absolute atomic E-state index is 12.6. The average molecular weight is 346 g/mol. The molecule has 0 saturated carbocycles. The minimum absolute atomic E-state index is 0.124. The van der Waals surface area contributed by atoms with Crippen LogP contribution in [0.2, 0.25) is 0 Å². The Kier molecular flexibility index (Phi) is 3.83. The summed E-state index contributed by atoms with van der Waals surface area (Å²) in [5.41, 5.74) is 1.61. The topological polar surface area (TPSA) is 75.2 Å². The minimum atomic E-state index is -3.56. The normalized spacial score (nSPS) is 14.6. The van der Waals surface area contributed by atoms with Gasteiger partial charge in [-0.1, -0.05) is 17.4 Å². The summed E-state index contributed by atoms with van der Waals surface area (Å²) in [6, 6.07) is 4.78. The average Bonchev–Trinajstić information content (AvgIpc) is 3.12. The van der Waals surface area contributed by atoms with Crippen LogP contribution in [-0.4, -0.2) is 32.2 Å². The van der Waals surface area contributed by atoms with E-state index in [2.05, 4.69) is 14.9 Å². The Morgan fingerprint density at radius 1 is 1.36 bits per heavy atom.